The Labute approximate surface area is 76.3 Å². The van der Waals surface area contributed by atoms with Crippen molar-refractivity contribution in [3.05, 3.63) is 18.1 Å². The molecule has 0 unspecified atom stereocenters. The average Bonchev–Trinajstić information content (AvgIpc) is 2.36. The zero-order chi connectivity index (χ0) is 8.97. The molecule has 2 nitrogen and oxygen atoms in total. The van der Waals surface area contributed by atoms with E-state index < -0.39 is 0 Å². The Balaban J connectivity index is 2.33. The maximum Gasteiger partial charge on any atom is 0.130 e. The van der Waals surface area contributed by atoms with Gasteiger partial charge in [-0.15, -0.1) is 11.8 Å². The molecule has 0 aliphatic rings. The number of ketones is 1. The minimum atomic E-state index is 0.239. The topological polar surface area (TPSA) is 30.2 Å². The second-order valence-electron chi connectivity index (χ2n) is 2.64. The van der Waals surface area contributed by atoms with Gasteiger partial charge in [-0.1, -0.05) is 0 Å². The van der Waals surface area contributed by atoms with Gasteiger partial charge in [0, 0.05) is 17.1 Å². The van der Waals surface area contributed by atoms with Crippen molar-refractivity contribution < 1.29 is 9.21 Å². The van der Waals surface area contributed by atoms with E-state index in [9.17, 15) is 4.79 Å². The average molecular weight is 184 g/mol. The first-order valence-corrected chi connectivity index (χ1v) is 4.85. The van der Waals surface area contributed by atoms with E-state index in [4.69, 9.17) is 4.42 Å². The number of carbonyl (C=O) groups excluding carboxylic acids is 1. The lowest BCUT2D eigenvalue weighted by atomic mass is 10.4. The fourth-order valence-corrected chi connectivity index (χ4v) is 1.84. The van der Waals surface area contributed by atoms with Crippen LogP contribution in [0.3, 0.4) is 0 Å². The molecule has 0 aromatic carbocycles. The third kappa shape index (κ3) is 2.74. The molecule has 0 saturated carbocycles. The molecule has 0 atom stereocenters. The van der Waals surface area contributed by atoms with E-state index in [-0.39, 0.29) is 5.78 Å². The summed E-state index contributed by atoms with van der Waals surface area (Å²) in [5.41, 5.74) is 0. The molecule has 66 valence electrons. The number of aryl methyl sites for hydroxylation is 1. The summed E-state index contributed by atoms with van der Waals surface area (Å²) in [5.74, 6) is 2.02. The highest BCUT2D eigenvalue weighted by molar-refractivity contribution is 7.99. The minimum absolute atomic E-state index is 0.239. The summed E-state index contributed by atoms with van der Waals surface area (Å²) in [6.07, 6.45) is 2.31. The SMILES string of the molecule is CC(=O)CCSc1ccoc1C. The second kappa shape index (κ2) is 4.36. The van der Waals surface area contributed by atoms with E-state index in [2.05, 4.69) is 0 Å². The highest BCUT2D eigenvalue weighted by atomic mass is 32.2. The van der Waals surface area contributed by atoms with Crippen LogP contribution in [-0.2, 0) is 4.79 Å². The van der Waals surface area contributed by atoms with Crippen LogP contribution in [0.4, 0.5) is 0 Å². The number of hydrogen-bond acceptors (Lipinski definition) is 3. The van der Waals surface area contributed by atoms with Crippen LogP contribution in [0.1, 0.15) is 19.1 Å². The summed E-state index contributed by atoms with van der Waals surface area (Å²) in [6, 6.07) is 1.93. The van der Waals surface area contributed by atoms with Gasteiger partial charge in [-0.2, -0.15) is 0 Å². The monoisotopic (exact) mass is 184 g/mol. The van der Waals surface area contributed by atoms with Crippen LogP contribution < -0.4 is 0 Å². The Morgan fingerprint density at radius 2 is 2.42 bits per heavy atom. The Morgan fingerprint density at radius 1 is 1.67 bits per heavy atom. The molecule has 0 N–H and O–H groups in total. The summed E-state index contributed by atoms with van der Waals surface area (Å²) in [5, 5.41) is 0. The van der Waals surface area contributed by atoms with Crippen LogP contribution in [-0.4, -0.2) is 11.5 Å². The normalized spacial score (nSPS) is 10.2. The van der Waals surface area contributed by atoms with Crippen molar-refractivity contribution in [2.45, 2.75) is 25.2 Å². The Bertz CT molecular complexity index is 265. The Kier molecular flexibility index (Phi) is 3.41. The van der Waals surface area contributed by atoms with Crippen molar-refractivity contribution in [1.29, 1.82) is 0 Å². The third-order valence-electron chi connectivity index (χ3n) is 1.52. The van der Waals surface area contributed by atoms with Crippen LogP contribution in [0.5, 0.6) is 0 Å². The molecular formula is C9H12O2S. The van der Waals surface area contributed by atoms with Crippen molar-refractivity contribution in [1.82, 2.24) is 0 Å². The van der Waals surface area contributed by atoms with Crippen LogP contribution in [0, 0.1) is 6.92 Å². The highest BCUT2D eigenvalue weighted by Gasteiger charge is 2.01. The number of thioether (sulfide) groups is 1. The van der Waals surface area contributed by atoms with Crippen LogP contribution in [0.25, 0.3) is 0 Å². The van der Waals surface area contributed by atoms with E-state index in [1.165, 1.54) is 0 Å². The molecule has 0 amide bonds. The molecule has 1 aromatic heterocycles. The molecule has 1 heterocycles. The number of Topliss-reactive ketones (excluding diaryl/α,β-unsaturated/α-hetero) is 1. The number of carbonyl (C=O) groups is 1. The van der Waals surface area contributed by atoms with Crippen LogP contribution in [0.2, 0.25) is 0 Å². The molecule has 0 aliphatic heterocycles. The van der Waals surface area contributed by atoms with Gasteiger partial charge in [-0.3, -0.25) is 4.79 Å². The molecule has 1 aromatic rings. The predicted octanol–water partition coefficient (Wildman–Crippen LogP) is 2.66. The first kappa shape index (κ1) is 9.39. The first-order valence-electron chi connectivity index (χ1n) is 3.86. The summed E-state index contributed by atoms with van der Waals surface area (Å²) in [6.45, 7) is 3.54. The van der Waals surface area contributed by atoms with Gasteiger partial charge < -0.3 is 4.42 Å². The Morgan fingerprint density at radius 3 is 2.92 bits per heavy atom. The van der Waals surface area contributed by atoms with E-state index >= 15 is 0 Å². The number of rotatable bonds is 4. The number of furan rings is 1. The zero-order valence-electron chi connectivity index (χ0n) is 7.29. The molecule has 1 rings (SSSR count). The first-order chi connectivity index (χ1) is 5.70. The maximum atomic E-state index is 10.6. The maximum absolute atomic E-state index is 10.6. The smallest absolute Gasteiger partial charge is 0.130 e. The quantitative estimate of drug-likeness (QED) is 0.674. The zero-order valence-corrected chi connectivity index (χ0v) is 8.11. The molecule has 12 heavy (non-hydrogen) atoms. The second-order valence-corrected chi connectivity index (χ2v) is 3.78. The molecule has 0 bridgehead atoms. The van der Waals surface area contributed by atoms with Gasteiger partial charge >= 0.3 is 0 Å². The molecule has 0 spiro atoms. The highest BCUT2D eigenvalue weighted by Crippen LogP contribution is 2.23. The van der Waals surface area contributed by atoms with Crippen LogP contribution >= 0.6 is 11.8 Å². The van der Waals surface area contributed by atoms with E-state index in [1.54, 1.807) is 24.9 Å². The van der Waals surface area contributed by atoms with Gasteiger partial charge in [0.05, 0.1) is 6.26 Å². The molecule has 0 radical (unpaired) electrons. The third-order valence-corrected chi connectivity index (χ3v) is 2.67. The van der Waals surface area contributed by atoms with Gasteiger partial charge in [0.25, 0.3) is 0 Å². The van der Waals surface area contributed by atoms with Crippen molar-refractivity contribution in [3.63, 3.8) is 0 Å². The van der Waals surface area contributed by atoms with Gasteiger partial charge in [-0.05, 0) is 19.9 Å². The summed E-state index contributed by atoms with van der Waals surface area (Å²) in [4.78, 5) is 11.8. The molecule has 3 heteroatoms. The minimum Gasteiger partial charge on any atom is -0.468 e. The van der Waals surface area contributed by atoms with Gasteiger partial charge in [-0.25, -0.2) is 0 Å². The fraction of sp³-hybridized carbons (Fsp3) is 0.444. The fourth-order valence-electron chi connectivity index (χ4n) is 0.828. The molecule has 0 fully saturated rings. The van der Waals surface area contributed by atoms with E-state index in [0.29, 0.717) is 6.42 Å². The van der Waals surface area contributed by atoms with Crippen molar-refractivity contribution in [3.8, 4) is 0 Å². The standard InChI is InChI=1S/C9H12O2S/c1-7(10)4-6-12-9-3-5-11-8(9)2/h3,5H,4,6H2,1-2H3. The lowest BCUT2D eigenvalue weighted by Crippen LogP contribution is -1.91. The lowest BCUT2D eigenvalue weighted by Gasteiger charge is -1.96. The van der Waals surface area contributed by atoms with E-state index in [0.717, 1.165) is 16.4 Å². The van der Waals surface area contributed by atoms with Crippen molar-refractivity contribution in [2.75, 3.05) is 5.75 Å². The van der Waals surface area contributed by atoms with Gasteiger partial charge in [0.15, 0.2) is 0 Å². The van der Waals surface area contributed by atoms with Gasteiger partial charge in [0.1, 0.15) is 11.5 Å². The molecule has 0 saturated heterocycles. The predicted molar refractivity (Wildman–Crippen MR) is 49.5 cm³/mol. The molecule has 0 aliphatic carbocycles. The number of hydrogen-bond donors (Lipinski definition) is 0. The van der Waals surface area contributed by atoms with E-state index in [1.807, 2.05) is 13.0 Å². The van der Waals surface area contributed by atoms with Gasteiger partial charge in [0.2, 0.25) is 0 Å². The summed E-state index contributed by atoms with van der Waals surface area (Å²) < 4.78 is 5.12. The molecular weight excluding hydrogens is 172 g/mol. The van der Waals surface area contributed by atoms with Crippen molar-refractivity contribution >= 4 is 17.5 Å². The largest absolute Gasteiger partial charge is 0.468 e. The summed E-state index contributed by atoms with van der Waals surface area (Å²) >= 11 is 1.67. The summed E-state index contributed by atoms with van der Waals surface area (Å²) in [7, 11) is 0. The lowest BCUT2D eigenvalue weighted by molar-refractivity contribution is -0.116. The van der Waals surface area contributed by atoms with Crippen molar-refractivity contribution in [2.24, 2.45) is 0 Å². The Hall–Kier alpha value is -0.700. The van der Waals surface area contributed by atoms with Crippen LogP contribution in [0.15, 0.2) is 21.6 Å².